The molecule has 0 unspecified atom stereocenters. The SMILES string of the molecule is NCCOc1ccc(CC(=O)N[C@H]2Cc3cccc(C(=O)O)c3OB2O)cc1O. The van der Waals surface area contributed by atoms with Crippen LogP contribution in [0, 0.1) is 0 Å². The number of nitrogens with one attached hydrogen (secondary N) is 1. The Morgan fingerprint density at radius 1 is 1.31 bits per heavy atom. The quantitative estimate of drug-likeness (QED) is 0.411. The largest absolute Gasteiger partial charge is 0.547 e. The number of phenolic OH excluding ortho intramolecular Hbond substituents is 1. The van der Waals surface area contributed by atoms with E-state index in [4.69, 9.17) is 15.1 Å². The number of ether oxygens (including phenoxy) is 1. The fraction of sp³-hybridized carbons (Fsp3) is 0.263. The zero-order valence-electron chi connectivity index (χ0n) is 15.5. The highest BCUT2D eigenvalue weighted by molar-refractivity contribution is 6.47. The lowest BCUT2D eigenvalue weighted by molar-refractivity contribution is -0.120. The minimum atomic E-state index is -1.38. The smallest absolute Gasteiger partial charge is 0.534 e. The van der Waals surface area contributed by atoms with E-state index >= 15 is 0 Å². The zero-order valence-corrected chi connectivity index (χ0v) is 15.5. The first-order chi connectivity index (χ1) is 13.9. The molecule has 10 heteroatoms. The molecule has 1 aliphatic heterocycles. The summed E-state index contributed by atoms with van der Waals surface area (Å²) < 4.78 is 10.6. The molecule has 6 N–H and O–H groups in total. The molecule has 3 rings (SSSR count). The van der Waals surface area contributed by atoms with E-state index in [1.165, 1.54) is 12.1 Å². The molecule has 29 heavy (non-hydrogen) atoms. The Morgan fingerprint density at radius 2 is 2.10 bits per heavy atom. The van der Waals surface area contributed by atoms with Gasteiger partial charge in [-0.05, 0) is 35.7 Å². The number of rotatable bonds is 7. The van der Waals surface area contributed by atoms with E-state index in [1.54, 1.807) is 24.3 Å². The molecule has 1 amide bonds. The van der Waals surface area contributed by atoms with Gasteiger partial charge in [0.05, 0.1) is 17.9 Å². The lowest BCUT2D eigenvalue weighted by Gasteiger charge is -2.28. The second kappa shape index (κ2) is 8.85. The number of phenols is 1. The number of fused-ring (bicyclic) bond motifs is 1. The molecule has 0 aromatic heterocycles. The fourth-order valence-electron chi connectivity index (χ4n) is 3.12. The van der Waals surface area contributed by atoms with Crippen LogP contribution in [0.2, 0.25) is 0 Å². The van der Waals surface area contributed by atoms with Crippen LogP contribution in [0.1, 0.15) is 21.5 Å². The normalized spacial score (nSPS) is 15.2. The van der Waals surface area contributed by atoms with Crippen molar-refractivity contribution in [3.05, 3.63) is 53.1 Å². The number of para-hydroxylation sites is 1. The van der Waals surface area contributed by atoms with E-state index in [1.807, 2.05) is 0 Å². The Kier molecular flexibility index (Phi) is 6.25. The lowest BCUT2D eigenvalue weighted by Crippen LogP contribution is -2.53. The van der Waals surface area contributed by atoms with Crippen LogP contribution in [0.5, 0.6) is 17.2 Å². The molecule has 2 aromatic carbocycles. The number of aromatic carboxylic acids is 1. The topological polar surface area (TPSA) is 151 Å². The summed E-state index contributed by atoms with van der Waals surface area (Å²) in [5, 5.41) is 32.1. The Labute approximate surface area is 167 Å². The zero-order chi connectivity index (χ0) is 21.0. The number of carboxylic acids is 1. The Morgan fingerprint density at radius 3 is 2.79 bits per heavy atom. The number of nitrogens with two attached hydrogens (primary N) is 1. The number of aromatic hydroxyl groups is 1. The Bertz CT molecular complexity index is 921. The molecule has 0 bridgehead atoms. The van der Waals surface area contributed by atoms with Gasteiger partial charge in [0.1, 0.15) is 12.4 Å². The van der Waals surface area contributed by atoms with Crippen molar-refractivity contribution in [3.63, 3.8) is 0 Å². The fourth-order valence-corrected chi connectivity index (χ4v) is 3.12. The van der Waals surface area contributed by atoms with E-state index in [0.29, 0.717) is 17.7 Å². The van der Waals surface area contributed by atoms with Gasteiger partial charge in [0.25, 0.3) is 0 Å². The third-order valence-electron chi connectivity index (χ3n) is 4.46. The van der Waals surface area contributed by atoms with Crippen molar-refractivity contribution in [1.82, 2.24) is 5.32 Å². The summed E-state index contributed by atoms with van der Waals surface area (Å²) >= 11 is 0. The van der Waals surface area contributed by atoms with Crippen LogP contribution in [-0.2, 0) is 17.6 Å². The van der Waals surface area contributed by atoms with Crippen LogP contribution in [0.25, 0.3) is 0 Å². The maximum atomic E-state index is 12.4. The van der Waals surface area contributed by atoms with Gasteiger partial charge < -0.3 is 35.7 Å². The summed E-state index contributed by atoms with van der Waals surface area (Å²) in [5.41, 5.74) is 6.45. The molecular weight excluding hydrogens is 379 g/mol. The van der Waals surface area contributed by atoms with Crippen molar-refractivity contribution >= 4 is 19.0 Å². The van der Waals surface area contributed by atoms with E-state index < -0.39 is 19.0 Å². The second-order valence-corrected chi connectivity index (χ2v) is 6.60. The van der Waals surface area contributed by atoms with Gasteiger partial charge >= 0.3 is 13.1 Å². The highest BCUT2D eigenvalue weighted by atomic mass is 16.5. The van der Waals surface area contributed by atoms with Gasteiger partial charge in [-0.2, -0.15) is 0 Å². The molecule has 0 saturated heterocycles. The lowest BCUT2D eigenvalue weighted by atomic mass is 9.72. The number of hydrogen-bond donors (Lipinski definition) is 5. The number of hydrogen-bond acceptors (Lipinski definition) is 7. The first-order valence-electron chi connectivity index (χ1n) is 9.03. The molecule has 152 valence electrons. The van der Waals surface area contributed by atoms with Gasteiger partial charge in [-0.1, -0.05) is 18.2 Å². The standard InChI is InChI=1S/C19H21BN2O7/c21-6-7-28-15-5-4-11(8-14(15)23)9-17(24)22-16-10-12-2-1-3-13(19(25)26)18(12)29-20(16)27/h1-5,8,16,23,27H,6-7,9-10,21H2,(H,22,24)(H,25,26)/t16-/m0/s1. The van der Waals surface area contributed by atoms with Crippen LogP contribution in [0.15, 0.2) is 36.4 Å². The molecule has 1 atom stereocenters. The van der Waals surface area contributed by atoms with Crippen molar-refractivity contribution in [2.24, 2.45) is 5.73 Å². The van der Waals surface area contributed by atoms with Gasteiger partial charge in [0, 0.05) is 6.54 Å². The molecule has 2 aromatic rings. The summed E-state index contributed by atoms with van der Waals surface area (Å²) in [4.78, 5) is 23.7. The minimum absolute atomic E-state index is 0.0318. The highest BCUT2D eigenvalue weighted by Crippen LogP contribution is 2.30. The van der Waals surface area contributed by atoms with Gasteiger partial charge in [0.2, 0.25) is 5.91 Å². The van der Waals surface area contributed by atoms with Crippen molar-refractivity contribution in [2.75, 3.05) is 13.2 Å². The van der Waals surface area contributed by atoms with Crippen LogP contribution >= 0.6 is 0 Å². The summed E-state index contributed by atoms with van der Waals surface area (Å²) in [5.74, 6) is -1.99. The van der Waals surface area contributed by atoms with Crippen molar-refractivity contribution in [3.8, 4) is 17.2 Å². The van der Waals surface area contributed by atoms with E-state index in [2.05, 4.69) is 5.32 Å². The number of carboxylic acid groups (broad SMARTS) is 1. The maximum Gasteiger partial charge on any atom is 0.547 e. The van der Waals surface area contributed by atoms with Gasteiger partial charge in [-0.15, -0.1) is 0 Å². The Balaban J connectivity index is 1.65. The maximum absolute atomic E-state index is 12.4. The number of carbonyl (C=O) groups excluding carboxylic acids is 1. The van der Waals surface area contributed by atoms with Crippen molar-refractivity contribution < 1.29 is 34.2 Å². The third-order valence-corrected chi connectivity index (χ3v) is 4.46. The van der Waals surface area contributed by atoms with Gasteiger partial charge in [-0.25, -0.2) is 4.79 Å². The van der Waals surface area contributed by atoms with E-state index in [0.717, 1.165) is 0 Å². The van der Waals surface area contributed by atoms with E-state index in [-0.39, 0.29) is 48.2 Å². The predicted octanol–water partition coefficient (Wildman–Crippen LogP) is 0.110. The highest BCUT2D eigenvalue weighted by Gasteiger charge is 2.37. The molecule has 0 spiro atoms. The first kappa shape index (κ1) is 20.5. The first-order valence-corrected chi connectivity index (χ1v) is 9.03. The average Bonchev–Trinajstić information content (AvgIpc) is 2.67. The Hall–Kier alpha value is -3.24. The minimum Gasteiger partial charge on any atom is -0.534 e. The van der Waals surface area contributed by atoms with E-state index in [9.17, 15) is 24.8 Å². The van der Waals surface area contributed by atoms with Gasteiger partial charge in [-0.3, -0.25) is 4.79 Å². The molecule has 0 fully saturated rings. The van der Waals surface area contributed by atoms with Crippen molar-refractivity contribution in [2.45, 2.75) is 18.8 Å². The molecule has 0 saturated carbocycles. The summed E-state index contributed by atoms with van der Waals surface area (Å²) in [7, 11) is -1.38. The molecule has 9 nitrogen and oxygen atoms in total. The molecule has 1 aliphatic rings. The van der Waals surface area contributed by atoms with Crippen LogP contribution < -0.4 is 20.4 Å². The molecular formula is C19H21BN2O7. The summed E-state index contributed by atoms with van der Waals surface area (Å²) in [6.45, 7) is 0.574. The van der Waals surface area contributed by atoms with Gasteiger partial charge in [0.15, 0.2) is 11.5 Å². The molecule has 1 heterocycles. The molecule has 0 radical (unpaired) electrons. The van der Waals surface area contributed by atoms with Crippen molar-refractivity contribution in [1.29, 1.82) is 0 Å². The van der Waals surface area contributed by atoms with Crippen LogP contribution in [0.3, 0.4) is 0 Å². The second-order valence-electron chi connectivity index (χ2n) is 6.60. The number of amides is 1. The average molecular weight is 400 g/mol. The number of carbonyl (C=O) groups is 2. The number of benzene rings is 2. The van der Waals surface area contributed by atoms with Crippen LogP contribution in [0.4, 0.5) is 0 Å². The van der Waals surface area contributed by atoms with Crippen LogP contribution in [-0.4, -0.2) is 53.3 Å². The predicted molar refractivity (Wildman–Crippen MR) is 104 cm³/mol. The summed E-state index contributed by atoms with van der Waals surface area (Å²) in [6, 6.07) is 9.28. The monoisotopic (exact) mass is 400 g/mol. The third kappa shape index (κ3) is 4.79. The summed E-state index contributed by atoms with van der Waals surface area (Å²) in [6.07, 6.45) is 0.191. The molecule has 0 aliphatic carbocycles.